The summed E-state index contributed by atoms with van der Waals surface area (Å²) >= 11 is 0. The number of carbonyl (C=O) groups excluding carboxylic acids is 1. The predicted octanol–water partition coefficient (Wildman–Crippen LogP) is 2.41. The Morgan fingerprint density at radius 2 is 1.88 bits per heavy atom. The van der Waals surface area contributed by atoms with Gasteiger partial charge >= 0.3 is 0 Å². The van der Waals surface area contributed by atoms with Crippen molar-refractivity contribution in [3.8, 4) is 0 Å². The van der Waals surface area contributed by atoms with Crippen LogP contribution in [0.25, 0.3) is 0 Å². The van der Waals surface area contributed by atoms with Gasteiger partial charge in [0.25, 0.3) is 5.91 Å². The van der Waals surface area contributed by atoms with Crippen LogP contribution in [0.2, 0.25) is 0 Å². The van der Waals surface area contributed by atoms with Gasteiger partial charge < -0.3 is 4.90 Å². The topological polar surface area (TPSA) is 67.3 Å². The second kappa shape index (κ2) is 7.13. The molecule has 1 unspecified atom stereocenters. The highest BCUT2D eigenvalue weighted by atomic mass is 32.2. The maximum atomic E-state index is 12.5. The van der Waals surface area contributed by atoms with Crippen LogP contribution in [-0.4, -0.2) is 43.1 Å². The summed E-state index contributed by atoms with van der Waals surface area (Å²) < 4.78 is 25.1. The van der Waals surface area contributed by atoms with Gasteiger partial charge in [0, 0.05) is 19.3 Å². The van der Waals surface area contributed by atoms with Crippen molar-refractivity contribution in [2.75, 3.05) is 18.8 Å². The largest absolute Gasteiger partial charge is 0.337 e. The molecule has 1 aliphatic rings. The van der Waals surface area contributed by atoms with Crippen molar-refractivity contribution >= 4 is 15.7 Å². The number of piperidine rings is 1. The third-order valence-corrected chi connectivity index (χ3v) is 6.15. The minimum Gasteiger partial charge on any atom is -0.337 e. The summed E-state index contributed by atoms with van der Waals surface area (Å²) in [4.78, 5) is 18.7. The van der Waals surface area contributed by atoms with Crippen LogP contribution in [0.3, 0.4) is 0 Å². The van der Waals surface area contributed by atoms with Crippen LogP contribution in [0.5, 0.6) is 0 Å². The minimum atomic E-state index is -3.33. The van der Waals surface area contributed by atoms with Gasteiger partial charge in [-0.15, -0.1) is 0 Å². The number of carbonyl (C=O) groups is 1. The maximum absolute atomic E-state index is 12.5. The summed E-state index contributed by atoms with van der Waals surface area (Å²) in [5.74, 6) is -0.0998. The molecule has 1 saturated heterocycles. The molecule has 1 fully saturated rings. The predicted molar refractivity (Wildman–Crippen MR) is 91.4 cm³/mol. The molecule has 1 aromatic heterocycles. The minimum absolute atomic E-state index is 0.0448. The first-order valence-electron chi connectivity index (χ1n) is 8.04. The van der Waals surface area contributed by atoms with E-state index < -0.39 is 9.84 Å². The monoisotopic (exact) mass is 344 g/mol. The normalized spacial score (nSPS) is 18.3. The molecule has 1 amide bonds. The first-order valence-corrected chi connectivity index (χ1v) is 9.69. The van der Waals surface area contributed by atoms with Crippen molar-refractivity contribution in [2.45, 2.75) is 17.7 Å². The number of likely N-dealkylation sites (tertiary alicyclic amines) is 1. The van der Waals surface area contributed by atoms with E-state index in [-0.39, 0.29) is 17.6 Å². The van der Waals surface area contributed by atoms with E-state index in [0.29, 0.717) is 23.7 Å². The summed E-state index contributed by atoms with van der Waals surface area (Å²) in [6, 6.07) is 13.7. The van der Waals surface area contributed by atoms with Gasteiger partial charge in [0.1, 0.15) is 5.69 Å². The third-order valence-electron chi connectivity index (χ3n) is 4.25. The Morgan fingerprint density at radius 1 is 1.12 bits per heavy atom. The fourth-order valence-corrected chi connectivity index (χ4v) is 4.73. The second-order valence-corrected chi connectivity index (χ2v) is 8.10. The lowest BCUT2D eigenvalue weighted by atomic mass is 10.00. The highest BCUT2D eigenvalue weighted by Gasteiger charge is 2.29. The molecule has 5 nitrogen and oxygen atoms in total. The van der Waals surface area contributed by atoms with E-state index in [2.05, 4.69) is 4.98 Å². The van der Waals surface area contributed by atoms with Crippen LogP contribution in [0, 0.1) is 5.92 Å². The summed E-state index contributed by atoms with van der Waals surface area (Å²) in [7, 11) is -3.33. The van der Waals surface area contributed by atoms with Crippen molar-refractivity contribution in [1.29, 1.82) is 0 Å². The summed E-state index contributed by atoms with van der Waals surface area (Å²) in [6.07, 6.45) is 3.22. The summed E-state index contributed by atoms with van der Waals surface area (Å²) in [5, 5.41) is 0. The standard InChI is InChI=1S/C18H20N2O3S/c21-18(17-10-4-5-11-19-17)20-12-6-7-15(13-20)14-24(22,23)16-8-2-1-3-9-16/h1-5,8-11,15H,6-7,12-14H2. The number of pyridine rings is 1. The Hall–Kier alpha value is -2.21. The van der Waals surface area contributed by atoms with E-state index >= 15 is 0 Å². The molecular weight excluding hydrogens is 324 g/mol. The summed E-state index contributed by atoms with van der Waals surface area (Å²) in [5.41, 5.74) is 0.407. The molecular formula is C18H20N2O3S. The van der Waals surface area contributed by atoms with Gasteiger partial charge in [-0.1, -0.05) is 24.3 Å². The third kappa shape index (κ3) is 3.82. The van der Waals surface area contributed by atoms with E-state index in [0.717, 1.165) is 12.8 Å². The van der Waals surface area contributed by atoms with Crippen molar-refractivity contribution < 1.29 is 13.2 Å². The molecule has 6 heteroatoms. The van der Waals surface area contributed by atoms with Crippen molar-refractivity contribution in [1.82, 2.24) is 9.88 Å². The molecule has 0 bridgehead atoms. The SMILES string of the molecule is O=C(c1ccccn1)N1CCCC(CS(=O)(=O)c2ccccc2)C1. The lowest BCUT2D eigenvalue weighted by Crippen LogP contribution is -2.42. The zero-order valence-electron chi connectivity index (χ0n) is 13.3. The Bertz CT molecular complexity index is 792. The van der Waals surface area contributed by atoms with Crippen molar-refractivity contribution in [3.63, 3.8) is 0 Å². The molecule has 3 rings (SSSR count). The Morgan fingerprint density at radius 3 is 2.58 bits per heavy atom. The van der Waals surface area contributed by atoms with Gasteiger partial charge in [-0.05, 0) is 43.0 Å². The van der Waals surface area contributed by atoms with E-state index in [4.69, 9.17) is 0 Å². The van der Waals surface area contributed by atoms with Crippen LogP contribution in [0.15, 0.2) is 59.6 Å². The highest BCUT2D eigenvalue weighted by Crippen LogP contribution is 2.22. The highest BCUT2D eigenvalue weighted by molar-refractivity contribution is 7.91. The Balaban J connectivity index is 1.69. The molecule has 1 atom stereocenters. The average Bonchev–Trinajstić information content (AvgIpc) is 2.62. The van der Waals surface area contributed by atoms with Crippen molar-refractivity contribution in [2.24, 2.45) is 5.92 Å². The van der Waals surface area contributed by atoms with Gasteiger partial charge in [0.05, 0.1) is 10.6 Å². The number of benzene rings is 1. The molecule has 1 aromatic carbocycles. The molecule has 126 valence electrons. The van der Waals surface area contributed by atoms with E-state index in [1.807, 2.05) is 0 Å². The smallest absolute Gasteiger partial charge is 0.272 e. The molecule has 2 heterocycles. The molecule has 0 radical (unpaired) electrons. The van der Waals surface area contributed by atoms with Crippen LogP contribution < -0.4 is 0 Å². The Kier molecular flexibility index (Phi) is 4.94. The molecule has 1 aliphatic heterocycles. The number of hydrogen-bond acceptors (Lipinski definition) is 4. The number of amides is 1. The van der Waals surface area contributed by atoms with Gasteiger partial charge in [0.2, 0.25) is 0 Å². The molecule has 0 aliphatic carbocycles. The quantitative estimate of drug-likeness (QED) is 0.854. The van der Waals surface area contributed by atoms with Crippen molar-refractivity contribution in [3.05, 3.63) is 60.4 Å². The van der Waals surface area contributed by atoms with Gasteiger partial charge in [0.15, 0.2) is 9.84 Å². The number of aromatic nitrogens is 1. The first-order chi connectivity index (χ1) is 11.6. The number of rotatable bonds is 4. The zero-order valence-corrected chi connectivity index (χ0v) is 14.2. The van der Waals surface area contributed by atoms with Crippen LogP contribution >= 0.6 is 0 Å². The van der Waals surface area contributed by atoms with Crippen LogP contribution in [0.1, 0.15) is 23.3 Å². The number of sulfone groups is 1. The fraction of sp³-hybridized carbons (Fsp3) is 0.333. The van der Waals surface area contributed by atoms with Gasteiger partial charge in [-0.2, -0.15) is 0 Å². The van der Waals surface area contributed by atoms with Gasteiger partial charge in [-0.25, -0.2) is 8.42 Å². The fourth-order valence-electron chi connectivity index (χ4n) is 3.07. The van der Waals surface area contributed by atoms with Crippen LogP contribution in [0.4, 0.5) is 0 Å². The van der Waals surface area contributed by atoms with E-state index in [1.54, 1.807) is 59.6 Å². The lowest BCUT2D eigenvalue weighted by molar-refractivity contribution is 0.0678. The van der Waals surface area contributed by atoms with Crippen LogP contribution in [-0.2, 0) is 9.84 Å². The second-order valence-electron chi connectivity index (χ2n) is 6.07. The molecule has 2 aromatic rings. The molecule has 0 saturated carbocycles. The first kappa shape index (κ1) is 16.6. The Labute approximate surface area is 142 Å². The molecule has 0 N–H and O–H groups in total. The van der Waals surface area contributed by atoms with Gasteiger partial charge in [-0.3, -0.25) is 9.78 Å². The van der Waals surface area contributed by atoms with E-state index in [1.165, 1.54) is 0 Å². The van der Waals surface area contributed by atoms with E-state index in [9.17, 15) is 13.2 Å². The number of nitrogens with zero attached hydrogens (tertiary/aromatic N) is 2. The maximum Gasteiger partial charge on any atom is 0.272 e. The zero-order chi connectivity index (χ0) is 17.0. The molecule has 24 heavy (non-hydrogen) atoms. The molecule has 0 spiro atoms. The average molecular weight is 344 g/mol. The lowest BCUT2D eigenvalue weighted by Gasteiger charge is -2.32. The summed E-state index contributed by atoms with van der Waals surface area (Å²) in [6.45, 7) is 1.11. The number of hydrogen-bond donors (Lipinski definition) is 0.